The minimum absolute atomic E-state index is 0.0903. The molecule has 2 aromatic carbocycles. The van der Waals surface area contributed by atoms with Gasteiger partial charge < -0.3 is 19.4 Å². The first-order valence-electron chi connectivity index (χ1n) is 8.86. The van der Waals surface area contributed by atoms with Crippen LogP contribution in [0.1, 0.15) is 10.8 Å². The molecule has 4 rings (SSSR count). The summed E-state index contributed by atoms with van der Waals surface area (Å²) in [6, 6.07) is 15.5. The Balaban J connectivity index is 1.63. The zero-order chi connectivity index (χ0) is 18.6. The largest absolute Gasteiger partial charge is 0.497 e. The molecule has 1 atom stereocenters. The van der Waals surface area contributed by atoms with Crippen LogP contribution in [-0.2, 0) is 9.53 Å². The molecule has 1 aliphatic heterocycles. The summed E-state index contributed by atoms with van der Waals surface area (Å²) in [6.45, 7) is 2.42. The third-order valence-electron chi connectivity index (χ3n) is 4.55. The maximum atomic E-state index is 13.2. The van der Waals surface area contributed by atoms with E-state index in [9.17, 15) is 4.79 Å². The van der Waals surface area contributed by atoms with Gasteiger partial charge in [0.25, 0.3) is 0 Å². The van der Waals surface area contributed by atoms with E-state index in [4.69, 9.17) is 9.47 Å². The predicted octanol–water partition coefficient (Wildman–Crippen LogP) is 3.26. The average Bonchev–Trinajstić information content (AvgIpc) is 3.14. The molecule has 2 heterocycles. The van der Waals surface area contributed by atoms with Crippen LogP contribution in [0, 0.1) is 0 Å². The first-order chi connectivity index (χ1) is 13.2. The van der Waals surface area contributed by atoms with E-state index < -0.39 is 0 Å². The minimum Gasteiger partial charge on any atom is -0.497 e. The lowest BCUT2D eigenvalue weighted by molar-refractivity contribution is -0.134. The zero-order valence-electron chi connectivity index (χ0n) is 15.1. The fourth-order valence-corrected chi connectivity index (χ4v) is 4.18. The van der Waals surface area contributed by atoms with Crippen molar-refractivity contribution in [3.05, 3.63) is 54.1 Å². The fourth-order valence-electron chi connectivity index (χ4n) is 3.10. The van der Waals surface area contributed by atoms with Crippen LogP contribution in [0.15, 0.2) is 53.7 Å². The van der Waals surface area contributed by atoms with Crippen molar-refractivity contribution in [2.75, 3.05) is 33.4 Å². The predicted molar refractivity (Wildman–Crippen MR) is 105 cm³/mol. The quantitative estimate of drug-likeness (QED) is 0.685. The number of ether oxygens (including phenoxy) is 2. The molecule has 1 amide bonds. The van der Waals surface area contributed by atoms with Crippen LogP contribution >= 0.6 is 11.8 Å². The molecule has 0 saturated carbocycles. The molecule has 3 aromatic rings. The lowest BCUT2D eigenvalue weighted by Gasteiger charge is -2.30. The minimum atomic E-state index is -0.355. The van der Waals surface area contributed by atoms with Crippen molar-refractivity contribution < 1.29 is 14.3 Å². The maximum Gasteiger partial charge on any atom is 0.240 e. The number of aromatic nitrogens is 2. The van der Waals surface area contributed by atoms with Crippen LogP contribution in [0.3, 0.4) is 0 Å². The molecule has 1 aromatic heterocycles. The van der Waals surface area contributed by atoms with Crippen molar-refractivity contribution in [2.24, 2.45) is 0 Å². The molecule has 0 aliphatic carbocycles. The molecule has 1 N–H and O–H groups in total. The van der Waals surface area contributed by atoms with Crippen molar-refractivity contribution in [3.63, 3.8) is 0 Å². The number of carbonyl (C=O) groups is 1. The highest BCUT2D eigenvalue weighted by Crippen LogP contribution is 2.36. The normalized spacial score (nSPS) is 15.7. The molecule has 0 bridgehead atoms. The second-order valence-corrected chi connectivity index (χ2v) is 7.37. The van der Waals surface area contributed by atoms with Gasteiger partial charge in [-0.2, -0.15) is 0 Å². The van der Waals surface area contributed by atoms with Crippen molar-refractivity contribution in [3.8, 4) is 5.75 Å². The first kappa shape index (κ1) is 17.9. The Labute approximate surface area is 161 Å². The van der Waals surface area contributed by atoms with Gasteiger partial charge in [0.15, 0.2) is 5.16 Å². The molecule has 1 aliphatic rings. The molecule has 0 unspecified atom stereocenters. The molecular weight excluding hydrogens is 362 g/mol. The van der Waals surface area contributed by atoms with Crippen LogP contribution < -0.4 is 4.74 Å². The van der Waals surface area contributed by atoms with Crippen LogP contribution in [-0.4, -0.2) is 54.2 Å². The maximum absolute atomic E-state index is 13.2. The van der Waals surface area contributed by atoms with Gasteiger partial charge in [-0.15, -0.1) is 0 Å². The number of hydrogen-bond donors (Lipinski definition) is 1. The molecular formula is C20H21N3O3S. The number of nitrogens with zero attached hydrogens (tertiary/aromatic N) is 2. The van der Waals surface area contributed by atoms with Crippen molar-refractivity contribution in [1.82, 2.24) is 14.9 Å². The van der Waals surface area contributed by atoms with Gasteiger partial charge in [-0.1, -0.05) is 42.1 Å². The SMILES string of the molecule is COc1ccc2nc(S[C@@H](C(=O)N3CCOCC3)c3ccccc3)[nH]c2c1. The summed E-state index contributed by atoms with van der Waals surface area (Å²) < 4.78 is 10.7. The summed E-state index contributed by atoms with van der Waals surface area (Å²) in [6.07, 6.45) is 0. The third kappa shape index (κ3) is 3.94. The van der Waals surface area contributed by atoms with Gasteiger partial charge in [0, 0.05) is 19.2 Å². The summed E-state index contributed by atoms with van der Waals surface area (Å²) in [5.41, 5.74) is 2.71. The molecule has 1 saturated heterocycles. The van der Waals surface area contributed by atoms with Crippen molar-refractivity contribution in [2.45, 2.75) is 10.4 Å². The number of H-pyrrole nitrogens is 1. The highest BCUT2D eigenvalue weighted by Gasteiger charge is 2.29. The summed E-state index contributed by atoms with van der Waals surface area (Å²) in [7, 11) is 1.64. The average molecular weight is 383 g/mol. The number of hydrogen-bond acceptors (Lipinski definition) is 5. The molecule has 1 fully saturated rings. The van der Waals surface area contributed by atoms with E-state index in [0.29, 0.717) is 31.5 Å². The summed E-state index contributed by atoms with van der Waals surface area (Å²) in [4.78, 5) is 23.0. The molecule has 0 spiro atoms. The Morgan fingerprint density at radius 1 is 1.22 bits per heavy atom. The van der Waals surface area contributed by atoms with E-state index in [2.05, 4.69) is 9.97 Å². The van der Waals surface area contributed by atoms with Crippen LogP contribution in [0.2, 0.25) is 0 Å². The number of aromatic amines is 1. The molecule has 140 valence electrons. The smallest absolute Gasteiger partial charge is 0.240 e. The number of morpholine rings is 1. The number of fused-ring (bicyclic) bond motifs is 1. The zero-order valence-corrected chi connectivity index (χ0v) is 15.9. The van der Waals surface area contributed by atoms with Crippen molar-refractivity contribution in [1.29, 1.82) is 0 Å². The molecule has 7 heteroatoms. The Morgan fingerprint density at radius 3 is 2.74 bits per heavy atom. The van der Waals surface area contributed by atoms with Gasteiger partial charge in [0.2, 0.25) is 5.91 Å². The van der Waals surface area contributed by atoms with E-state index in [0.717, 1.165) is 22.3 Å². The lowest BCUT2D eigenvalue weighted by Crippen LogP contribution is -2.42. The molecule has 0 radical (unpaired) electrons. The van der Waals surface area contributed by atoms with E-state index in [-0.39, 0.29) is 11.2 Å². The second kappa shape index (κ2) is 8.02. The van der Waals surface area contributed by atoms with Gasteiger partial charge in [0.05, 0.1) is 31.4 Å². The number of carbonyl (C=O) groups excluding carboxylic acids is 1. The Hall–Kier alpha value is -2.51. The number of benzene rings is 2. The first-order valence-corrected chi connectivity index (χ1v) is 9.74. The van der Waals surface area contributed by atoms with Gasteiger partial charge >= 0.3 is 0 Å². The van der Waals surface area contributed by atoms with Gasteiger partial charge in [0.1, 0.15) is 11.0 Å². The van der Waals surface area contributed by atoms with E-state index in [1.165, 1.54) is 11.8 Å². The number of nitrogens with one attached hydrogen (secondary N) is 1. The highest BCUT2D eigenvalue weighted by molar-refractivity contribution is 8.00. The van der Waals surface area contributed by atoms with E-state index >= 15 is 0 Å². The second-order valence-electron chi connectivity index (χ2n) is 6.27. The van der Waals surface area contributed by atoms with E-state index in [1.54, 1.807) is 7.11 Å². The summed E-state index contributed by atoms with van der Waals surface area (Å²) in [5, 5.41) is 0.362. The number of thioether (sulfide) groups is 1. The molecule has 27 heavy (non-hydrogen) atoms. The Bertz CT molecular complexity index is 923. The van der Waals surface area contributed by atoms with Crippen LogP contribution in [0.4, 0.5) is 0 Å². The topological polar surface area (TPSA) is 67.4 Å². The third-order valence-corrected chi connectivity index (χ3v) is 5.67. The Morgan fingerprint density at radius 2 is 2.00 bits per heavy atom. The van der Waals surface area contributed by atoms with Gasteiger partial charge in [-0.05, 0) is 17.7 Å². The monoisotopic (exact) mass is 383 g/mol. The number of methoxy groups -OCH3 is 1. The van der Waals surface area contributed by atoms with Crippen LogP contribution in [0.25, 0.3) is 11.0 Å². The standard InChI is InChI=1S/C20H21N3O3S/c1-25-15-7-8-16-17(13-15)22-20(21-16)27-18(14-5-3-2-4-6-14)19(24)23-9-11-26-12-10-23/h2-8,13,18H,9-12H2,1H3,(H,21,22)/t18-/m1/s1. The number of amides is 1. The van der Waals surface area contributed by atoms with Gasteiger partial charge in [-0.3, -0.25) is 4.79 Å². The van der Waals surface area contributed by atoms with Crippen molar-refractivity contribution >= 4 is 28.7 Å². The van der Waals surface area contributed by atoms with Crippen LogP contribution in [0.5, 0.6) is 5.75 Å². The van der Waals surface area contributed by atoms with E-state index in [1.807, 2.05) is 53.4 Å². The van der Waals surface area contributed by atoms with Gasteiger partial charge in [-0.25, -0.2) is 4.98 Å². The summed E-state index contributed by atoms with van der Waals surface area (Å²) in [5.74, 6) is 0.860. The Kier molecular flexibility index (Phi) is 5.31. The number of rotatable bonds is 5. The summed E-state index contributed by atoms with van der Waals surface area (Å²) >= 11 is 1.44. The lowest BCUT2D eigenvalue weighted by atomic mass is 10.1. The molecule has 6 nitrogen and oxygen atoms in total. The fraction of sp³-hybridized carbons (Fsp3) is 0.300. The highest BCUT2D eigenvalue weighted by atomic mass is 32.2. The number of imidazole rings is 1.